The number of halogens is 1. The maximum atomic E-state index is 5.62. The monoisotopic (exact) mass is 151 g/mol. The van der Waals surface area contributed by atoms with Crippen LogP contribution in [0, 0.1) is 0 Å². The van der Waals surface area contributed by atoms with E-state index in [2.05, 4.69) is 11.8 Å². The van der Waals surface area contributed by atoms with E-state index in [-0.39, 0.29) is 0 Å². The van der Waals surface area contributed by atoms with E-state index < -0.39 is 0 Å². The number of rotatable bonds is 1. The summed E-state index contributed by atoms with van der Waals surface area (Å²) in [6.45, 7) is 3.36. The summed E-state index contributed by atoms with van der Waals surface area (Å²) in [6.07, 6.45) is 0. The lowest BCUT2D eigenvalue weighted by Gasteiger charge is -2.14. The second-order valence-electron chi connectivity index (χ2n) is 1.90. The third kappa shape index (κ3) is 1.30. The largest absolute Gasteiger partial charge is 0.277 e. The molecule has 0 aromatic rings. The molecule has 1 heterocycles. The van der Waals surface area contributed by atoms with E-state index in [0.717, 1.165) is 6.54 Å². The average Bonchev–Trinajstić information content (AvgIpc) is 2.14. The SMILES string of the molecule is CC1SCCN1CCl. The molecule has 1 saturated heterocycles. The van der Waals surface area contributed by atoms with Crippen LogP contribution >= 0.6 is 23.4 Å². The standard InChI is InChI=1S/C5H10ClNS/c1-5-7(4-6)2-3-8-5/h5H,2-4H2,1H3. The third-order valence-corrected chi connectivity index (χ3v) is 2.91. The molecule has 0 bridgehead atoms. The Hall–Kier alpha value is 0.600. The molecule has 3 heteroatoms. The Morgan fingerprint density at radius 2 is 2.62 bits per heavy atom. The first-order chi connectivity index (χ1) is 3.84. The zero-order chi connectivity index (χ0) is 5.98. The summed E-state index contributed by atoms with van der Waals surface area (Å²) in [5, 5.41) is 0.646. The van der Waals surface area contributed by atoms with Gasteiger partial charge in [-0.3, -0.25) is 4.90 Å². The highest BCUT2D eigenvalue weighted by atomic mass is 35.5. The Bertz CT molecular complexity index is 78.8. The van der Waals surface area contributed by atoms with Gasteiger partial charge in [-0.2, -0.15) is 0 Å². The van der Waals surface area contributed by atoms with Crippen molar-refractivity contribution >= 4 is 23.4 Å². The van der Waals surface area contributed by atoms with Crippen molar-refractivity contribution in [2.75, 3.05) is 18.3 Å². The maximum Gasteiger partial charge on any atom is 0.0747 e. The van der Waals surface area contributed by atoms with E-state index in [1.54, 1.807) is 0 Å². The highest BCUT2D eigenvalue weighted by molar-refractivity contribution is 8.00. The summed E-state index contributed by atoms with van der Waals surface area (Å²) in [7, 11) is 0. The van der Waals surface area contributed by atoms with Crippen LogP contribution in [-0.4, -0.2) is 28.6 Å². The van der Waals surface area contributed by atoms with Crippen LogP contribution < -0.4 is 0 Å². The Balaban J connectivity index is 2.30. The molecule has 0 aromatic heterocycles. The summed E-state index contributed by atoms with van der Waals surface area (Å²) in [4.78, 5) is 2.26. The third-order valence-electron chi connectivity index (χ3n) is 1.41. The maximum absolute atomic E-state index is 5.62. The highest BCUT2D eigenvalue weighted by Gasteiger charge is 2.18. The number of alkyl halides is 1. The summed E-state index contributed by atoms with van der Waals surface area (Å²) < 4.78 is 0. The fraction of sp³-hybridized carbons (Fsp3) is 1.00. The minimum Gasteiger partial charge on any atom is -0.277 e. The van der Waals surface area contributed by atoms with Gasteiger partial charge in [0.25, 0.3) is 0 Å². The van der Waals surface area contributed by atoms with Crippen LogP contribution in [0.25, 0.3) is 0 Å². The van der Waals surface area contributed by atoms with Crippen LogP contribution in [0.5, 0.6) is 0 Å². The molecule has 0 radical (unpaired) electrons. The second-order valence-corrected chi connectivity index (χ2v) is 3.56. The van der Waals surface area contributed by atoms with Crippen molar-refractivity contribution in [1.82, 2.24) is 4.90 Å². The van der Waals surface area contributed by atoms with Gasteiger partial charge in [0.2, 0.25) is 0 Å². The van der Waals surface area contributed by atoms with E-state index in [1.807, 2.05) is 11.8 Å². The van der Waals surface area contributed by atoms with Gasteiger partial charge in [-0.25, -0.2) is 0 Å². The number of hydrogen-bond donors (Lipinski definition) is 0. The van der Waals surface area contributed by atoms with Crippen molar-refractivity contribution in [1.29, 1.82) is 0 Å². The zero-order valence-electron chi connectivity index (χ0n) is 4.93. The first kappa shape index (κ1) is 6.72. The molecule has 1 fully saturated rings. The van der Waals surface area contributed by atoms with Gasteiger partial charge >= 0.3 is 0 Å². The molecule has 1 nitrogen and oxygen atoms in total. The minimum atomic E-state index is 0.646. The van der Waals surface area contributed by atoms with Gasteiger partial charge in [-0.15, -0.1) is 23.4 Å². The molecular weight excluding hydrogens is 142 g/mol. The molecule has 0 saturated carbocycles. The van der Waals surface area contributed by atoms with E-state index in [9.17, 15) is 0 Å². The normalized spacial score (nSPS) is 31.5. The van der Waals surface area contributed by atoms with Crippen LogP contribution in [0.1, 0.15) is 6.92 Å². The van der Waals surface area contributed by atoms with E-state index in [1.165, 1.54) is 5.75 Å². The van der Waals surface area contributed by atoms with Gasteiger partial charge in [0, 0.05) is 12.3 Å². The van der Waals surface area contributed by atoms with Crippen molar-refractivity contribution in [3.8, 4) is 0 Å². The van der Waals surface area contributed by atoms with Gasteiger partial charge < -0.3 is 0 Å². The van der Waals surface area contributed by atoms with Crippen molar-refractivity contribution < 1.29 is 0 Å². The van der Waals surface area contributed by atoms with Crippen LogP contribution in [0.4, 0.5) is 0 Å². The number of hydrogen-bond acceptors (Lipinski definition) is 2. The van der Waals surface area contributed by atoms with E-state index in [0.29, 0.717) is 11.4 Å². The van der Waals surface area contributed by atoms with Gasteiger partial charge in [0.15, 0.2) is 0 Å². The van der Waals surface area contributed by atoms with Crippen molar-refractivity contribution in [2.45, 2.75) is 12.3 Å². The predicted molar refractivity (Wildman–Crippen MR) is 39.3 cm³/mol. The Kier molecular flexibility index (Phi) is 2.47. The lowest BCUT2D eigenvalue weighted by atomic mass is 10.6. The lowest BCUT2D eigenvalue weighted by Crippen LogP contribution is -2.24. The average molecular weight is 152 g/mol. The molecule has 0 N–H and O–H groups in total. The zero-order valence-corrected chi connectivity index (χ0v) is 6.50. The molecule has 1 aliphatic rings. The van der Waals surface area contributed by atoms with E-state index in [4.69, 9.17) is 11.6 Å². The second kappa shape index (κ2) is 2.95. The topological polar surface area (TPSA) is 3.24 Å². The van der Waals surface area contributed by atoms with E-state index >= 15 is 0 Å². The molecule has 0 amide bonds. The summed E-state index contributed by atoms with van der Waals surface area (Å²) in [5.74, 6) is 1.24. The number of nitrogens with zero attached hydrogens (tertiary/aromatic N) is 1. The first-order valence-electron chi connectivity index (χ1n) is 2.76. The highest BCUT2D eigenvalue weighted by Crippen LogP contribution is 2.22. The Morgan fingerprint density at radius 3 is 2.88 bits per heavy atom. The summed E-state index contributed by atoms with van der Waals surface area (Å²) in [5.41, 5.74) is 0. The molecule has 1 aliphatic heterocycles. The fourth-order valence-electron chi connectivity index (χ4n) is 0.785. The number of thioether (sulfide) groups is 1. The molecule has 1 unspecified atom stereocenters. The molecular formula is C5H10ClNS. The van der Waals surface area contributed by atoms with Crippen LogP contribution in [-0.2, 0) is 0 Å². The van der Waals surface area contributed by atoms with Crippen LogP contribution in [0.15, 0.2) is 0 Å². The van der Waals surface area contributed by atoms with Crippen molar-refractivity contribution in [2.24, 2.45) is 0 Å². The molecule has 1 rings (SSSR count). The van der Waals surface area contributed by atoms with Gasteiger partial charge in [-0.1, -0.05) is 0 Å². The molecule has 0 aliphatic carbocycles. The summed E-state index contributed by atoms with van der Waals surface area (Å²) in [6, 6.07) is 0.689. The van der Waals surface area contributed by atoms with Gasteiger partial charge in [0.1, 0.15) is 0 Å². The smallest absolute Gasteiger partial charge is 0.0747 e. The quantitative estimate of drug-likeness (QED) is 0.414. The predicted octanol–water partition coefficient (Wildman–Crippen LogP) is 1.58. The molecule has 1 atom stereocenters. The minimum absolute atomic E-state index is 0.646. The van der Waals surface area contributed by atoms with Crippen molar-refractivity contribution in [3.05, 3.63) is 0 Å². The molecule has 0 spiro atoms. The van der Waals surface area contributed by atoms with Gasteiger partial charge in [0.05, 0.1) is 11.4 Å². The molecule has 0 aromatic carbocycles. The van der Waals surface area contributed by atoms with Gasteiger partial charge in [-0.05, 0) is 6.92 Å². The summed E-state index contributed by atoms with van der Waals surface area (Å²) >= 11 is 7.59. The fourth-order valence-corrected chi connectivity index (χ4v) is 2.26. The Morgan fingerprint density at radius 1 is 1.88 bits per heavy atom. The molecule has 8 heavy (non-hydrogen) atoms. The lowest BCUT2D eigenvalue weighted by molar-refractivity contribution is 0.350. The van der Waals surface area contributed by atoms with Crippen molar-refractivity contribution in [3.63, 3.8) is 0 Å². The van der Waals surface area contributed by atoms with Crippen LogP contribution in [0.3, 0.4) is 0 Å². The van der Waals surface area contributed by atoms with Crippen LogP contribution in [0.2, 0.25) is 0 Å². The molecule has 48 valence electrons. The Labute approximate surface area is 59.4 Å². The first-order valence-corrected chi connectivity index (χ1v) is 4.34.